The van der Waals surface area contributed by atoms with Crippen LogP contribution in [0.3, 0.4) is 0 Å². The van der Waals surface area contributed by atoms with Crippen LogP contribution in [0.25, 0.3) is 0 Å². The summed E-state index contributed by atoms with van der Waals surface area (Å²) in [5.74, 6) is -0.808. The highest BCUT2D eigenvalue weighted by atomic mass is 19.1. The molecule has 22 heavy (non-hydrogen) atoms. The maximum absolute atomic E-state index is 13.5. The van der Waals surface area contributed by atoms with Gasteiger partial charge < -0.3 is 5.32 Å². The van der Waals surface area contributed by atoms with Crippen LogP contribution < -0.4 is 10.9 Å². The molecule has 0 unspecified atom stereocenters. The Bertz CT molecular complexity index is 713. The molecular formula is C16H18FN3O2. The summed E-state index contributed by atoms with van der Waals surface area (Å²) < 4.78 is 14.8. The number of benzene rings is 1. The van der Waals surface area contributed by atoms with Crippen molar-refractivity contribution in [3.8, 4) is 0 Å². The zero-order valence-corrected chi connectivity index (χ0v) is 12.4. The Morgan fingerprint density at radius 2 is 2.05 bits per heavy atom. The summed E-state index contributed by atoms with van der Waals surface area (Å²) in [5, 5.41) is 6.64. The lowest BCUT2D eigenvalue weighted by molar-refractivity contribution is 0.0943. The van der Waals surface area contributed by atoms with Crippen molar-refractivity contribution in [3.05, 3.63) is 63.8 Å². The number of halogens is 1. The van der Waals surface area contributed by atoms with E-state index >= 15 is 0 Å². The molecule has 5 nitrogen and oxygen atoms in total. The summed E-state index contributed by atoms with van der Waals surface area (Å²) in [5.41, 5.74) is 0.307. The highest BCUT2D eigenvalue weighted by Gasteiger charge is 2.10. The van der Waals surface area contributed by atoms with Crippen LogP contribution in [0.5, 0.6) is 0 Å². The van der Waals surface area contributed by atoms with Crippen LogP contribution in [0.4, 0.5) is 4.39 Å². The number of carbonyl (C=O) groups excluding carboxylic acids is 1. The molecule has 116 valence electrons. The molecule has 2 rings (SSSR count). The third kappa shape index (κ3) is 4.00. The van der Waals surface area contributed by atoms with Gasteiger partial charge in [-0.2, -0.15) is 5.10 Å². The molecule has 2 aromatic rings. The number of nitrogens with zero attached hydrogens (tertiary/aromatic N) is 2. The van der Waals surface area contributed by atoms with E-state index in [1.54, 1.807) is 18.2 Å². The number of carbonyl (C=O) groups is 1. The minimum atomic E-state index is -0.437. The first-order chi connectivity index (χ1) is 10.6. The first kappa shape index (κ1) is 15.9. The summed E-state index contributed by atoms with van der Waals surface area (Å²) in [7, 11) is 0. The first-order valence-electron chi connectivity index (χ1n) is 7.21. The van der Waals surface area contributed by atoms with E-state index in [9.17, 15) is 14.0 Å². The third-order valence-electron chi connectivity index (χ3n) is 3.22. The third-order valence-corrected chi connectivity index (χ3v) is 3.22. The normalized spacial score (nSPS) is 10.5. The molecule has 0 atom stereocenters. The predicted octanol–water partition coefficient (Wildman–Crippen LogP) is 2.11. The molecule has 1 amide bonds. The molecule has 1 N–H and O–H groups in total. The number of hydrogen-bond acceptors (Lipinski definition) is 3. The van der Waals surface area contributed by atoms with Crippen LogP contribution in [-0.4, -0.2) is 15.7 Å². The van der Waals surface area contributed by atoms with Gasteiger partial charge in [-0.15, -0.1) is 0 Å². The second kappa shape index (κ2) is 7.49. The lowest BCUT2D eigenvalue weighted by atomic mass is 10.2. The van der Waals surface area contributed by atoms with Gasteiger partial charge in [0.25, 0.3) is 11.5 Å². The SMILES string of the molecule is CCCCn1nc(C(=O)NCc2ccccc2F)ccc1=O. The van der Waals surface area contributed by atoms with E-state index in [1.165, 1.54) is 22.9 Å². The van der Waals surface area contributed by atoms with Crippen molar-refractivity contribution in [1.29, 1.82) is 0 Å². The zero-order valence-electron chi connectivity index (χ0n) is 12.4. The maximum atomic E-state index is 13.5. The van der Waals surface area contributed by atoms with Gasteiger partial charge in [0.1, 0.15) is 11.5 Å². The van der Waals surface area contributed by atoms with Crippen LogP contribution in [-0.2, 0) is 13.1 Å². The molecule has 1 heterocycles. The number of rotatable bonds is 6. The molecule has 0 aliphatic rings. The monoisotopic (exact) mass is 303 g/mol. The second-order valence-corrected chi connectivity index (χ2v) is 4.91. The van der Waals surface area contributed by atoms with Crippen LogP contribution in [0.2, 0.25) is 0 Å². The van der Waals surface area contributed by atoms with Gasteiger partial charge in [0.05, 0.1) is 0 Å². The highest BCUT2D eigenvalue weighted by molar-refractivity contribution is 5.91. The quantitative estimate of drug-likeness (QED) is 0.889. The summed E-state index contributed by atoms with van der Waals surface area (Å²) in [6.07, 6.45) is 1.74. The molecule has 0 spiro atoms. The van der Waals surface area contributed by atoms with Gasteiger partial charge in [0.15, 0.2) is 0 Å². The Morgan fingerprint density at radius 1 is 1.27 bits per heavy atom. The van der Waals surface area contributed by atoms with Crippen molar-refractivity contribution < 1.29 is 9.18 Å². The maximum Gasteiger partial charge on any atom is 0.271 e. The fourth-order valence-corrected chi connectivity index (χ4v) is 1.95. The van der Waals surface area contributed by atoms with Gasteiger partial charge in [-0.25, -0.2) is 9.07 Å². The Balaban J connectivity index is 2.06. The molecular weight excluding hydrogens is 285 g/mol. The second-order valence-electron chi connectivity index (χ2n) is 4.91. The summed E-state index contributed by atoms with van der Waals surface area (Å²) in [4.78, 5) is 23.7. The number of hydrogen-bond donors (Lipinski definition) is 1. The van der Waals surface area contributed by atoms with E-state index in [0.717, 1.165) is 12.8 Å². The van der Waals surface area contributed by atoms with Crippen molar-refractivity contribution in [2.45, 2.75) is 32.9 Å². The molecule has 0 aliphatic carbocycles. The Kier molecular flexibility index (Phi) is 5.41. The average Bonchev–Trinajstić information content (AvgIpc) is 2.53. The van der Waals surface area contributed by atoms with Gasteiger partial charge in [0.2, 0.25) is 0 Å². The van der Waals surface area contributed by atoms with E-state index in [-0.39, 0.29) is 23.6 Å². The van der Waals surface area contributed by atoms with E-state index in [1.807, 2.05) is 6.92 Å². The Labute approximate surface area is 127 Å². The minimum absolute atomic E-state index is 0.0707. The van der Waals surface area contributed by atoms with Gasteiger partial charge in [-0.1, -0.05) is 31.5 Å². The summed E-state index contributed by atoms with van der Waals surface area (Å²) in [6.45, 7) is 2.56. The molecule has 0 aliphatic heterocycles. The van der Waals surface area contributed by atoms with Crippen molar-refractivity contribution >= 4 is 5.91 Å². The molecule has 0 bridgehead atoms. The topological polar surface area (TPSA) is 64.0 Å². The summed E-state index contributed by atoms with van der Waals surface area (Å²) >= 11 is 0. The fraction of sp³-hybridized carbons (Fsp3) is 0.312. The zero-order chi connectivity index (χ0) is 15.9. The van der Waals surface area contributed by atoms with Gasteiger partial charge in [-0.3, -0.25) is 9.59 Å². The standard InChI is InChI=1S/C16H18FN3O2/c1-2-3-10-20-15(21)9-8-14(19-20)16(22)18-11-12-6-4-5-7-13(12)17/h4-9H,2-3,10-11H2,1H3,(H,18,22). The number of amides is 1. The van der Waals surface area contributed by atoms with E-state index in [0.29, 0.717) is 12.1 Å². The van der Waals surface area contributed by atoms with E-state index in [2.05, 4.69) is 10.4 Å². The number of unbranched alkanes of at least 4 members (excludes halogenated alkanes) is 1. The average molecular weight is 303 g/mol. The smallest absolute Gasteiger partial charge is 0.271 e. The fourth-order valence-electron chi connectivity index (χ4n) is 1.95. The van der Waals surface area contributed by atoms with Crippen LogP contribution in [0.1, 0.15) is 35.8 Å². The van der Waals surface area contributed by atoms with Gasteiger partial charge >= 0.3 is 0 Å². The predicted molar refractivity (Wildman–Crippen MR) is 81.0 cm³/mol. The lowest BCUT2D eigenvalue weighted by Gasteiger charge is -2.08. The minimum Gasteiger partial charge on any atom is -0.346 e. The molecule has 6 heteroatoms. The number of aryl methyl sites for hydroxylation is 1. The van der Waals surface area contributed by atoms with E-state index in [4.69, 9.17) is 0 Å². The van der Waals surface area contributed by atoms with Crippen molar-refractivity contribution in [2.75, 3.05) is 0 Å². The lowest BCUT2D eigenvalue weighted by Crippen LogP contribution is -2.29. The Hall–Kier alpha value is -2.50. The molecule has 1 aromatic heterocycles. The highest BCUT2D eigenvalue weighted by Crippen LogP contribution is 2.05. The molecule has 0 fully saturated rings. The summed E-state index contributed by atoms with van der Waals surface area (Å²) in [6, 6.07) is 8.93. The molecule has 1 aromatic carbocycles. The molecule has 0 saturated carbocycles. The van der Waals surface area contributed by atoms with Crippen LogP contribution in [0, 0.1) is 5.82 Å². The van der Waals surface area contributed by atoms with E-state index < -0.39 is 5.91 Å². The molecule has 0 radical (unpaired) electrons. The van der Waals surface area contributed by atoms with Crippen molar-refractivity contribution in [1.82, 2.24) is 15.1 Å². The number of nitrogens with one attached hydrogen (secondary N) is 1. The molecule has 0 saturated heterocycles. The Morgan fingerprint density at radius 3 is 2.77 bits per heavy atom. The van der Waals surface area contributed by atoms with Gasteiger partial charge in [0, 0.05) is 24.7 Å². The largest absolute Gasteiger partial charge is 0.346 e. The van der Waals surface area contributed by atoms with Crippen LogP contribution >= 0.6 is 0 Å². The van der Waals surface area contributed by atoms with Gasteiger partial charge in [-0.05, 0) is 18.6 Å². The van der Waals surface area contributed by atoms with Crippen molar-refractivity contribution in [3.63, 3.8) is 0 Å². The van der Waals surface area contributed by atoms with Crippen LogP contribution in [0.15, 0.2) is 41.2 Å². The van der Waals surface area contributed by atoms with Crippen molar-refractivity contribution in [2.24, 2.45) is 0 Å². The number of aromatic nitrogens is 2. The first-order valence-corrected chi connectivity index (χ1v) is 7.21.